The number of carbonyl (C=O) groups is 1. The van der Waals surface area contributed by atoms with Crippen LogP contribution in [0.2, 0.25) is 0 Å². The number of hydrogen-bond donors (Lipinski definition) is 0. The van der Waals surface area contributed by atoms with Gasteiger partial charge in [0.15, 0.2) is 0 Å². The molecule has 0 N–H and O–H groups in total. The molecular formula is C11H15NaO2. The third-order valence-corrected chi connectivity index (χ3v) is 4.28. The van der Waals surface area contributed by atoms with Gasteiger partial charge in [-0.2, -0.15) is 0 Å². The summed E-state index contributed by atoms with van der Waals surface area (Å²) in [7, 11) is 0. The minimum atomic E-state index is -0.912. The normalized spacial score (nSPS) is 38.1. The van der Waals surface area contributed by atoms with Crippen molar-refractivity contribution in [2.45, 2.75) is 33.1 Å². The van der Waals surface area contributed by atoms with E-state index < -0.39 is 11.4 Å². The van der Waals surface area contributed by atoms with E-state index in [1.807, 2.05) is 0 Å². The fourth-order valence-corrected chi connectivity index (χ4v) is 3.11. The van der Waals surface area contributed by atoms with Crippen LogP contribution in [0.3, 0.4) is 0 Å². The Hall–Kier alpha value is 0.210. The van der Waals surface area contributed by atoms with Gasteiger partial charge < -0.3 is 9.90 Å². The van der Waals surface area contributed by atoms with Gasteiger partial charge in [-0.3, -0.25) is 0 Å². The van der Waals surface area contributed by atoms with Crippen LogP contribution in [0.15, 0.2) is 12.2 Å². The zero-order chi connectivity index (χ0) is 9.85. The van der Waals surface area contributed by atoms with Crippen molar-refractivity contribution in [2.24, 2.45) is 16.7 Å². The average molecular weight is 202 g/mol. The maximum absolute atomic E-state index is 11.1. The number of carbonyl (C=O) groups excluding carboxylic acids is 1. The Morgan fingerprint density at radius 3 is 2.43 bits per heavy atom. The van der Waals surface area contributed by atoms with Crippen molar-refractivity contribution in [1.29, 1.82) is 0 Å². The molecule has 0 aliphatic heterocycles. The molecule has 0 aromatic rings. The standard InChI is InChI=1S/C11H16O2.Na/c1-7-10(2,3)8-4-5-11(7,6-8)9(12)13;/h8H,1,4-6H2,2-3H3,(H,12,13);/q;+1/p-1. The van der Waals surface area contributed by atoms with Gasteiger partial charge in [-0.1, -0.05) is 26.0 Å². The van der Waals surface area contributed by atoms with Crippen LogP contribution in [0.4, 0.5) is 0 Å². The third kappa shape index (κ3) is 1.24. The average Bonchev–Trinajstić information content (AvgIpc) is 2.53. The minimum Gasteiger partial charge on any atom is -0.549 e. The summed E-state index contributed by atoms with van der Waals surface area (Å²) in [6, 6.07) is 0. The van der Waals surface area contributed by atoms with E-state index in [9.17, 15) is 9.90 Å². The molecule has 0 aromatic carbocycles. The van der Waals surface area contributed by atoms with Gasteiger partial charge in [0.1, 0.15) is 0 Å². The molecule has 0 saturated heterocycles. The molecule has 2 atom stereocenters. The predicted octanol–water partition coefficient (Wildman–Crippen LogP) is -1.88. The van der Waals surface area contributed by atoms with Crippen LogP contribution < -0.4 is 34.7 Å². The monoisotopic (exact) mass is 202 g/mol. The van der Waals surface area contributed by atoms with Crippen LogP contribution in [0.25, 0.3) is 0 Å². The van der Waals surface area contributed by atoms with Crippen LogP contribution in [0.5, 0.6) is 0 Å². The number of carboxylic acid groups (broad SMARTS) is 1. The fourth-order valence-electron chi connectivity index (χ4n) is 3.11. The van der Waals surface area contributed by atoms with Crippen molar-refractivity contribution in [3.63, 3.8) is 0 Å². The molecule has 72 valence electrons. The molecule has 3 heteroatoms. The number of rotatable bonds is 1. The molecule has 2 aliphatic carbocycles. The predicted molar refractivity (Wildman–Crippen MR) is 47.7 cm³/mol. The molecule has 2 bridgehead atoms. The Bertz CT molecular complexity index is 296. The van der Waals surface area contributed by atoms with E-state index in [-0.39, 0.29) is 35.0 Å². The van der Waals surface area contributed by atoms with Crippen molar-refractivity contribution < 1.29 is 39.5 Å². The topological polar surface area (TPSA) is 40.1 Å². The molecule has 0 spiro atoms. The van der Waals surface area contributed by atoms with Gasteiger partial charge in [0.2, 0.25) is 0 Å². The summed E-state index contributed by atoms with van der Waals surface area (Å²) in [5.74, 6) is -0.413. The summed E-state index contributed by atoms with van der Waals surface area (Å²) in [5, 5.41) is 11.1. The molecule has 0 amide bonds. The summed E-state index contributed by atoms with van der Waals surface area (Å²) >= 11 is 0. The SMILES string of the molecule is C=C1C2(C(=O)[O-])CCC(C2)C1(C)C.[Na+]. The van der Waals surface area contributed by atoms with Crippen LogP contribution >= 0.6 is 0 Å². The quantitative estimate of drug-likeness (QED) is 0.369. The molecule has 0 radical (unpaired) electrons. The third-order valence-electron chi connectivity index (χ3n) is 4.28. The van der Waals surface area contributed by atoms with Crippen LogP contribution in [0, 0.1) is 16.7 Å². The fraction of sp³-hybridized carbons (Fsp3) is 0.727. The van der Waals surface area contributed by atoms with Gasteiger partial charge in [-0.25, -0.2) is 0 Å². The molecule has 2 nitrogen and oxygen atoms in total. The molecule has 2 fully saturated rings. The van der Waals surface area contributed by atoms with Gasteiger partial charge in [0, 0.05) is 5.41 Å². The summed E-state index contributed by atoms with van der Waals surface area (Å²) in [6.07, 6.45) is 2.50. The Morgan fingerprint density at radius 1 is 1.57 bits per heavy atom. The smallest absolute Gasteiger partial charge is 0.549 e. The van der Waals surface area contributed by atoms with E-state index in [0.717, 1.165) is 24.8 Å². The Kier molecular flexibility index (Phi) is 2.95. The van der Waals surface area contributed by atoms with E-state index in [0.29, 0.717) is 5.92 Å². The van der Waals surface area contributed by atoms with Crippen LogP contribution in [-0.4, -0.2) is 5.97 Å². The van der Waals surface area contributed by atoms with Crippen molar-refractivity contribution in [2.75, 3.05) is 0 Å². The molecule has 0 aromatic heterocycles. The molecule has 0 heterocycles. The van der Waals surface area contributed by atoms with Crippen LogP contribution in [-0.2, 0) is 4.79 Å². The second kappa shape index (κ2) is 3.36. The van der Waals surface area contributed by atoms with Gasteiger partial charge in [0.05, 0.1) is 5.97 Å². The minimum absolute atomic E-state index is 0. The van der Waals surface area contributed by atoms with E-state index >= 15 is 0 Å². The van der Waals surface area contributed by atoms with Crippen molar-refractivity contribution in [3.8, 4) is 0 Å². The molecule has 14 heavy (non-hydrogen) atoms. The first kappa shape index (κ1) is 12.3. The Balaban J connectivity index is 0.000000980. The maximum atomic E-state index is 11.1. The van der Waals surface area contributed by atoms with E-state index in [2.05, 4.69) is 20.4 Å². The summed E-state index contributed by atoms with van der Waals surface area (Å²) in [4.78, 5) is 11.1. The van der Waals surface area contributed by atoms with E-state index in [1.54, 1.807) is 0 Å². The molecule has 2 rings (SSSR count). The Labute approximate surface area is 107 Å². The van der Waals surface area contributed by atoms with E-state index in [1.165, 1.54) is 0 Å². The molecule has 2 saturated carbocycles. The first-order chi connectivity index (χ1) is 5.91. The largest absolute Gasteiger partial charge is 1.00 e. The van der Waals surface area contributed by atoms with Crippen molar-refractivity contribution in [3.05, 3.63) is 12.2 Å². The zero-order valence-corrected chi connectivity index (χ0v) is 11.2. The Morgan fingerprint density at radius 2 is 2.14 bits per heavy atom. The van der Waals surface area contributed by atoms with Crippen molar-refractivity contribution in [1.82, 2.24) is 0 Å². The number of carboxylic acids is 1. The van der Waals surface area contributed by atoms with Gasteiger partial charge in [-0.05, 0) is 30.6 Å². The number of fused-ring (bicyclic) bond motifs is 2. The first-order valence-electron chi connectivity index (χ1n) is 4.82. The summed E-state index contributed by atoms with van der Waals surface area (Å²) in [5.41, 5.74) is 0.197. The zero-order valence-electron chi connectivity index (χ0n) is 9.22. The molecular weight excluding hydrogens is 187 g/mol. The second-order valence-corrected chi connectivity index (χ2v) is 5.01. The van der Waals surface area contributed by atoms with Crippen molar-refractivity contribution >= 4 is 5.97 Å². The van der Waals surface area contributed by atoms with Gasteiger partial charge in [0.25, 0.3) is 0 Å². The van der Waals surface area contributed by atoms with Gasteiger partial charge in [-0.15, -0.1) is 0 Å². The maximum Gasteiger partial charge on any atom is 1.00 e. The summed E-state index contributed by atoms with van der Waals surface area (Å²) in [6.45, 7) is 8.16. The van der Waals surface area contributed by atoms with E-state index in [4.69, 9.17) is 0 Å². The van der Waals surface area contributed by atoms with Gasteiger partial charge >= 0.3 is 29.6 Å². The summed E-state index contributed by atoms with van der Waals surface area (Å²) < 4.78 is 0. The molecule has 2 unspecified atom stereocenters. The first-order valence-corrected chi connectivity index (χ1v) is 4.82. The second-order valence-electron chi connectivity index (χ2n) is 5.01. The van der Waals surface area contributed by atoms with Crippen LogP contribution in [0.1, 0.15) is 33.1 Å². The number of aliphatic carboxylic acids is 1. The molecule has 2 aliphatic rings. The number of hydrogen-bond acceptors (Lipinski definition) is 2.